The SMILES string of the molecule is CCCOC(=O)N(C)CCC[Si](OC)(OC)OC. The highest BCUT2D eigenvalue weighted by Crippen LogP contribution is 2.15. The fourth-order valence-electron chi connectivity index (χ4n) is 1.48. The van der Waals surface area contributed by atoms with Crippen LogP contribution in [0, 0.1) is 0 Å². The first-order valence-corrected chi connectivity index (χ1v) is 8.01. The van der Waals surface area contributed by atoms with Gasteiger partial charge in [0.1, 0.15) is 0 Å². The van der Waals surface area contributed by atoms with E-state index in [-0.39, 0.29) is 6.09 Å². The third-order valence-corrected chi connectivity index (χ3v) is 5.48. The van der Waals surface area contributed by atoms with Crippen LogP contribution in [0.25, 0.3) is 0 Å². The molecule has 0 aromatic heterocycles. The maximum Gasteiger partial charge on any atom is 0.500 e. The molecule has 0 heterocycles. The lowest BCUT2D eigenvalue weighted by Crippen LogP contribution is -2.43. The van der Waals surface area contributed by atoms with Gasteiger partial charge >= 0.3 is 14.9 Å². The van der Waals surface area contributed by atoms with E-state index in [1.54, 1.807) is 33.3 Å². The predicted molar refractivity (Wildman–Crippen MR) is 70.5 cm³/mol. The minimum Gasteiger partial charge on any atom is -0.449 e. The van der Waals surface area contributed by atoms with Crippen LogP contribution < -0.4 is 0 Å². The molecule has 0 saturated carbocycles. The second-order valence-corrected chi connectivity index (χ2v) is 7.03. The fourth-order valence-corrected chi connectivity index (χ4v) is 3.18. The molecule has 0 aromatic rings. The summed E-state index contributed by atoms with van der Waals surface area (Å²) in [6.45, 7) is 3.01. The van der Waals surface area contributed by atoms with Crippen molar-refractivity contribution < 1.29 is 22.8 Å². The maximum absolute atomic E-state index is 11.5. The second-order valence-electron chi connectivity index (χ2n) is 3.93. The Balaban J connectivity index is 3.98. The van der Waals surface area contributed by atoms with Crippen LogP contribution in [0.15, 0.2) is 0 Å². The number of carbonyl (C=O) groups excluding carboxylic acids is 1. The number of carbonyl (C=O) groups is 1. The third kappa shape index (κ3) is 5.81. The zero-order valence-corrected chi connectivity index (χ0v) is 13.0. The summed E-state index contributed by atoms with van der Waals surface area (Å²) in [4.78, 5) is 13.0. The van der Waals surface area contributed by atoms with Gasteiger partial charge in [0.15, 0.2) is 0 Å². The minimum atomic E-state index is -2.52. The third-order valence-electron chi connectivity index (χ3n) is 2.65. The lowest BCUT2D eigenvalue weighted by molar-refractivity contribution is 0.107. The molecule has 0 radical (unpaired) electrons. The normalized spacial score (nSPS) is 11.4. The summed E-state index contributed by atoms with van der Waals surface area (Å²) in [7, 11) is 3.94. The van der Waals surface area contributed by atoms with Crippen molar-refractivity contribution in [3.63, 3.8) is 0 Å². The van der Waals surface area contributed by atoms with Crippen LogP contribution in [-0.2, 0) is 18.0 Å². The fraction of sp³-hybridized carbons (Fsp3) is 0.909. The molecule has 1 amide bonds. The zero-order chi connectivity index (χ0) is 14.0. The van der Waals surface area contributed by atoms with E-state index < -0.39 is 8.80 Å². The van der Waals surface area contributed by atoms with Gasteiger partial charge in [-0.2, -0.15) is 0 Å². The van der Waals surface area contributed by atoms with Gasteiger partial charge in [-0.25, -0.2) is 4.79 Å². The van der Waals surface area contributed by atoms with Crippen LogP contribution in [0.1, 0.15) is 19.8 Å². The first kappa shape index (κ1) is 17.4. The van der Waals surface area contributed by atoms with Gasteiger partial charge in [-0.1, -0.05) is 6.92 Å². The molecule has 108 valence electrons. The second kappa shape index (κ2) is 9.32. The van der Waals surface area contributed by atoms with Crippen LogP contribution in [-0.4, -0.2) is 61.3 Å². The van der Waals surface area contributed by atoms with Crippen LogP contribution in [0.4, 0.5) is 4.79 Å². The van der Waals surface area contributed by atoms with E-state index in [0.29, 0.717) is 19.2 Å². The first-order chi connectivity index (χ1) is 8.55. The number of nitrogens with zero attached hydrogens (tertiary/aromatic N) is 1. The van der Waals surface area contributed by atoms with Crippen molar-refractivity contribution in [2.45, 2.75) is 25.8 Å². The van der Waals surface area contributed by atoms with Crippen molar-refractivity contribution in [2.24, 2.45) is 0 Å². The molecule has 6 nitrogen and oxygen atoms in total. The molecule has 0 N–H and O–H groups in total. The first-order valence-electron chi connectivity index (χ1n) is 6.08. The molecule has 0 spiro atoms. The van der Waals surface area contributed by atoms with E-state index in [9.17, 15) is 4.79 Å². The highest BCUT2D eigenvalue weighted by molar-refractivity contribution is 6.60. The van der Waals surface area contributed by atoms with Crippen molar-refractivity contribution in [2.75, 3.05) is 41.5 Å². The molecule has 0 aliphatic carbocycles. The maximum atomic E-state index is 11.5. The smallest absolute Gasteiger partial charge is 0.449 e. The Labute approximate surface area is 111 Å². The van der Waals surface area contributed by atoms with Gasteiger partial charge in [0, 0.05) is 41.0 Å². The highest BCUT2D eigenvalue weighted by atomic mass is 28.4. The predicted octanol–water partition coefficient (Wildman–Crippen LogP) is 1.73. The Bertz CT molecular complexity index is 227. The van der Waals surface area contributed by atoms with E-state index in [1.165, 1.54) is 0 Å². The molecule has 0 bridgehead atoms. The van der Waals surface area contributed by atoms with Gasteiger partial charge in [0.2, 0.25) is 0 Å². The van der Waals surface area contributed by atoms with E-state index in [4.69, 9.17) is 18.0 Å². The molecule has 0 unspecified atom stereocenters. The largest absolute Gasteiger partial charge is 0.500 e. The van der Waals surface area contributed by atoms with Crippen molar-refractivity contribution >= 4 is 14.9 Å². The molecular formula is C11H25NO5Si. The van der Waals surface area contributed by atoms with Gasteiger partial charge in [-0.05, 0) is 12.8 Å². The summed E-state index contributed by atoms with van der Waals surface area (Å²) in [5, 5.41) is 0. The molecule has 18 heavy (non-hydrogen) atoms. The van der Waals surface area contributed by atoms with Crippen molar-refractivity contribution in [3.8, 4) is 0 Å². The topological polar surface area (TPSA) is 57.2 Å². The van der Waals surface area contributed by atoms with Crippen molar-refractivity contribution in [1.29, 1.82) is 0 Å². The average molecular weight is 279 g/mol. The molecule has 0 saturated heterocycles. The van der Waals surface area contributed by atoms with Crippen LogP contribution in [0.5, 0.6) is 0 Å². The van der Waals surface area contributed by atoms with Crippen LogP contribution in [0.2, 0.25) is 6.04 Å². The average Bonchev–Trinajstić information content (AvgIpc) is 2.41. The Morgan fingerprint density at radius 1 is 1.17 bits per heavy atom. The number of ether oxygens (including phenoxy) is 1. The van der Waals surface area contributed by atoms with Crippen LogP contribution >= 0.6 is 0 Å². The summed E-state index contributed by atoms with van der Waals surface area (Å²) in [5.41, 5.74) is 0. The van der Waals surface area contributed by atoms with E-state index in [1.807, 2.05) is 6.92 Å². The number of rotatable bonds is 9. The lowest BCUT2D eigenvalue weighted by Gasteiger charge is -2.25. The minimum absolute atomic E-state index is 0.295. The number of amides is 1. The monoisotopic (exact) mass is 279 g/mol. The molecule has 0 aromatic carbocycles. The number of hydrogen-bond acceptors (Lipinski definition) is 5. The van der Waals surface area contributed by atoms with Gasteiger partial charge in [0.25, 0.3) is 0 Å². The molecule has 0 fully saturated rings. The molecular weight excluding hydrogens is 254 g/mol. The zero-order valence-electron chi connectivity index (χ0n) is 12.0. The Morgan fingerprint density at radius 3 is 2.17 bits per heavy atom. The van der Waals surface area contributed by atoms with E-state index in [2.05, 4.69) is 0 Å². The molecule has 0 aliphatic heterocycles. The summed E-state index contributed by atoms with van der Waals surface area (Å²) in [6, 6.07) is 0.669. The Hall–Kier alpha value is -0.633. The van der Waals surface area contributed by atoms with Gasteiger partial charge in [-0.15, -0.1) is 0 Å². The quantitative estimate of drug-likeness (QED) is 0.602. The van der Waals surface area contributed by atoms with Crippen molar-refractivity contribution in [1.82, 2.24) is 4.90 Å². The van der Waals surface area contributed by atoms with Crippen molar-refractivity contribution in [3.05, 3.63) is 0 Å². The Kier molecular flexibility index (Phi) is 8.99. The van der Waals surface area contributed by atoms with Gasteiger partial charge in [0.05, 0.1) is 6.61 Å². The van der Waals surface area contributed by atoms with E-state index >= 15 is 0 Å². The summed E-state index contributed by atoms with van der Waals surface area (Å²) in [6.07, 6.45) is 1.28. The summed E-state index contributed by atoms with van der Waals surface area (Å²) in [5.74, 6) is 0. The molecule has 0 aliphatic rings. The number of hydrogen-bond donors (Lipinski definition) is 0. The lowest BCUT2D eigenvalue weighted by atomic mass is 10.4. The summed E-state index contributed by atoms with van der Waals surface area (Å²) >= 11 is 0. The highest BCUT2D eigenvalue weighted by Gasteiger charge is 2.37. The molecule has 7 heteroatoms. The summed E-state index contributed by atoms with van der Waals surface area (Å²) < 4.78 is 20.9. The standard InChI is InChI=1S/C11H25NO5Si/c1-6-9-17-11(13)12(2)8-7-10-18(14-3,15-4)16-5/h6-10H2,1-5H3. The van der Waals surface area contributed by atoms with Crippen LogP contribution in [0.3, 0.4) is 0 Å². The molecule has 0 atom stereocenters. The van der Waals surface area contributed by atoms with Gasteiger partial charge in [-0.3, -0.25) is 0 Å². The van der Waals surface area contributed by atoms with Gasteiger partial charge < -0.3 is 22.9 Å². The Morgan fingerprint density at radius 2 is 1.72 bits per heavy atom. The molecule has 0 rings (SSSR count). The van der Waals surface area contributed by atoms with E-state index in [0.717, 1.165) is 12.8 Å².